The number of hydrogen-bond donors (Lipinski definition) is 1. The van der Waals surface area contributed by atoms with Gasteiger partial charge in [0, 0.05) is 12.1 Å². The highest BCUT2D eigenvalue weighted by molar-refractivity contribution is 5.94. The van der Waals surface area contributed by atoms with Crippen LogP contribution in [0, 0.1) is 12.7 Å². The van der Waals surface area contributed by atoms with Crippen molar-refractivity contribution in [1.29, 1.82) is 0 Å². The number of halogens is 1. The molecule has 0 aromatic heterocycles. The van der Waals surface area contributed by atoms with Gasteiger partial charge in [0.05, 0.1) is 12.6 Å². The van der Waals surface area contributed by atoms with Crippen LogP contribution < -0.4 is 0 Å². The molecule has 0 aliphatic carbocycles. The number of amides is 1. The van der Waals surface area contributed by atoms with E-state index < -0.39 is 0 Å². The zero-order valence-corrected chi connectivity index (χ0v) is 9.82. The van der Waals surface area contributed by atoms with Crippen molar-refractivity contribution in [2.75, 3.05) is 13.2 Å². The van der Waals surface area contributed by atoms with Crippen LogP contribution in [0.4, 0.5) is 4.39 Å². The van der Waals surface area contributed by atoms with Gasteiger partial charge < -0.3 is 10.0 Å². The lowest BCUT2D eigenvalue weighted by Gasteiger charge is -2.23. The van der Waals surface area contributed by atoms with Crippen LogP contribution in [0.15, 0.2) is 18.2 Å². The van der Waals surface area contributed by atoms with Crippen LogP contribution in [-0.4, -0.2) is 35.1 Å². The molecule has 1 aromatic carbocycles. The predicted molar refractivity (Wildman–Crippen MR) is 62.3 cm³/mol. The minimum absolute atomic E-state index is 0.0277. The molecule has 2 rings (SSSR count). The molecule has 0 bridgehead atoms. The molecule has 1 atom stereocenters. The second kappa shape index (κ2) is 4.84. The van der Waals surface area contributed by atoms with Gasteiger partial charge in [-0.3, -0.25) is 4.79 Å². The van der Waals surface area contributed by atoms with Crippen LogP contribution in [0.2, 0.25) is 0 Å². The second-order valence-electron chi connectivity index (χ2n) is 4.44. The van der Waals surface area contributed by atoms with E-state index in [2.05, 4.69) is 0 Å². The van der Waals surface area contributed by atoms with Crippen LogP contribution in [-0.2, 0) is 0 Å². The lowest BCUT2D eigenvalue weighted by molar-refractivity contribution is 0.0677. The lowest BCUT2D eigenvalue weighted by atomic mass is 10.1. The van der Waals surface area contributed by atoms with Crippen molar-refractivity contribution in [2.24, 2.45) is 0 Å². The molecule has 17 heavy (non-hydrogen) atoms. The van der Waals surface area contributed by atoms with E-state index >= 15 is 0 Å². The Morgan fingerprint density at radius 1 is 1.59 bits per heavy atom. The summed E-state index contributed by atoms with van der Waals surface area (Å²) in [5.41, 5.74) is 0.884. The second-order valence-corrected chi connectivity index (χ2v) is 4.44. The molecule has 92 valence electrons. The average molecular weight is 237 g/mol. The molecular formula is C13H16FNO2. The maximum atomic E-state index is 13.4. The molecule has 1 heterocycles. The van der Waals surface area contributed by atoms with Crippen molar-refractivity contribution in [3.63, 3.8) is 0 Å². The van der Waals surface area contributed by atoms with Crippen molar-refractivity contribution in [3.05, 3.63) is 35.1 Å². The third-order valence-electron chi connectivity index (χ3n) is 3.27. The Hall–Kier alpha value is -1.42. The summed E-state index contributed by atoms with van der Waals surface area (Å²) in [6.45, 7) is 2.27. The van der Waals surface area contributed by atoms with Gasteiger partial charge in [-0.2, -0.15) is 0 Å². The van der Waals surface area contributed by atoms with Gasteiger partial charge >= 0.3 is 0 Å². The fourth-order valence-corrected chi connectivity index (χ4v) is 2.18. The molecule has 0 spiro atoms. The van der Waals surface area contributed by atoms with Gasteiger partial charge in [0.25, 0.3) is 5.91 Å². The number of carbonyl (C=O) groups excluding carboxylic acids is 1. The van der Waals surface area contributed by atoms with E-state index in [0.717, 1.165) is 12.8 Å². The number of likely N-dealkylation sites (tertiary alicyclic amines) is 1. The van der Waals surface area contributed by atoms with Crippen LogP contribution >= 0.6 is 0 Å². The molecule has 1 N–H and O–H groups in total. The number of carbonyl (C=O) groups is 1. The first-order chi connectivity index (χ1) is 8.13. The highest BCUT2D eigenvalue weighted by Gasteiger charge is 2.28. The standard InChI is InChI=1S/C13H16FNO2/c1-9-4-5-10(7-12(9)14)13(17)15-6-2-3-11(15)8-16/h4-5,7,11,16H,2-3,6,8H2,1H3. The van der Waals surface area contributed by atoms with Crippen molar-refractivity contribution in [2.45, 2.75) is 25.8 Å². The first-order valence-corrected chi connectivity index (χ1v) is 5.81. The van der Waals surface area contributed by atoms with Gasteiger partial charge in [-0.05, 0) is 37.5 Å². The largest absolute Gasteiger partial charge is 0.394 e. The molecule has 1 saturated heterocycles. The third-order valence-corrected chi connectivity index (χ3v) is 3.27. The molecule has 4 heteroatoms. The van der Waals surface area contributed by atoms with E-state index in [-0.39, 0.29) is 24.4 Å². The number of aryl methyl sites for hydroxylation is 1. The number of hydrogen-bond acceptors (Lipinski definition) is 2. The highest BCUT2D eigenvalue weighted by Crippen LogP contribution is 2.20. The number of nitrogens with zero attached hydrogens (tertiary/aromatic N) is 1. The summed E-state index contributed by atoms with van der Waals surface area (Å²) in [6.07, 6.45) is 1.71. The van der Waals surface area contributed by atoms with Crippen molar-refractivity contribution in [1.82, 2.24) is 4.90 Å². The zero-order valence-electron chi connectivity index (χ0n) is 9.82. The number of rotatable bonds is 2. The first kappa shape index (κ1) is 12.0. The van der Waals surface area contributed by atoms with Gasteiger partial charge in [0.1, 0.15) is 5.82 Å². The van der Waals surface area contributed by atoms with Gasteiger partial charge in [-0.1, -0.05) is 6.07 Å². The molecule has 1 aliphatic heterocycles. The van der Waals surface area contributed by atoms with Gasteiger partial charge in [-0.15, -0.1) is 0 Å². The maximum absolute atomic E-state index is 13.4. The summed E-state index contributed by atoms with van der Waals surface area (Å²) >= 11 is 0. The summed E-state index contributed by atoms with van der Waals surface area (Å²) in [4.78, 5) is 13.8. The molecule has 0 radical (unpaired) electrons. The quantitative estimate of drug-likeness (QED) is 0.851. The summed E-state index contributed by atoms with van der Waals surface area (Å²) in [5, 5.41) is 9.16. The monoisotopic (exact) mass is 237 g/mol. The first-order valence-electron chi connectivity index (χ1n) is 5.81. The Kier molecular flexibility index (Phi) is 3.43. The zero-order chi connectivity index (χ0) is 12.4. The Labute approximate surface area is 99.9 Å². The highest BCUT2D eigenvalue weighted by atomic mass is 19.1. The van der Waals surface area contributed by atoms with E-state index in [4.69, 9.17) is 5.11 Å². The van der Waals surface area contributed by atoms with Gasteiger partial charge in [0.2, 0.25) is 0 Å². The van der Waals surface area contributed by atoms with Crippen molar-refractivity contribution < 1.29 is 14.3 Å². The molecule has 1 aliphatic rings. The molecular weight excluding hydrogens is 221 g/mol. The number of aliphatic hydroxyl groups is 1. The maximum Gasteiger partial charge on any atom is 0.254 e. The smallest absolute Gasteiger partial charge is 0.254 e. The molecule has 0 saturated carbocycles. The van der Waals surface area contributed by atoms with Gasteiger partial charge in [-0.25, -0.2) is 4.39 Å². The molecule has 1 amide bonds. The van der Waals surface area contributed by atoms with Crippen LogP contribution in [0.1, 0.15) is 28.8 Å². The molecule has 1 unspecified atom stereocenters. The summed E-state index contributed by atoms with van der Waals surface area (Å²) in [7, 11) is 0. The fourth-order valence-electron chi connectivity index (χ4n) is 2.18. The van der Waals surface area contributed by atoms with E-state index in [1.165, 1.54) is 6.07 Å². The summed E-state index contributed by atoms with van der Waals surface area (Å²) in [5.74, 6) is -0.559. The SMILES string of the molecule is Cc1ccc(C(=O)N2CCCC2CO)cc1F. The van der Waals surface area contributed by atoms with Gasteiger partial charge in [0.15, 0.2) is 0 Å². The Morgan fingerprint density at radius 2 is 2.35 bits per heavy atom. The van der Waals surface area contributed by atoms with E-state index in [9.17, 15) is 9.18 Å². The van der Waals surface area contributed by atoms with Crippen molar-refractivity contribution in [3.8, 4) is 0 Å². The fraction of sp³-hybridized carbons (Fsp3) is 0.462. The van der Waals surface area contributed by atoms with Crippen LogP contribution in [0.5, 0.6) is 0 Å². The van der Waals surface area contributed by atoms with E-state index in [1.54, 1.807) is 24.0 Å². The number of aliphatic hydroxyl groups excluding tert-OH is 1. The minimum Gasteiger partial charge on any atom is -0.394 e. The third kappa shape index (κ3) is 2.31. The van der Waals surface area contributed by atoms with Crippen molar-refractivity contribution >= 4 is 5.91 Å². The summed E-state index contributed by atoms with van der Waals surface area (Å²) in [6, 6.07) is 4.39. The topological polar surface area (TPSA) is 40.5 Å². The minimum atomic E-state index is -0.365. The Morgan fingerprint density at radius 3 is 3.00 bits per heavy atom. The summed E-state index contributed by atoms with van der Waals surface area (Å²) < 4.78 is 13.4. The molecule has 1 fully saturated rings. The Balaban J connectivity index is 2.21. The average Bonchev–Trinajstić information content (AvgIpc) is 2.80. The van der Waals surface area contributed by atoms with Crippen LogP contribution in [0.3, 0.4) is 0 Å². The van der Waals surface area contributed by atoms with Crippen LogP contribution in [0.25, 0.3) is 0 Å². The normalized spacial score (nSPS) is 19.7. The molecule has 1 aromatic rings. The predicted octanol–water partition coefficient (Wildman–Crippen LogP) is 1.73. The van der Waals surface area contributed by atoms with E-state index in [1.807, 2.05) is 0 Å². The Bertz CT molecular complexity index is 433. The van der Waals surface area contributed by atoms with E-state index in [0.29, 0.717) is 17.7 Å². The molecule has 3 nitrogen and oxygen atoms in total. The number of benzene rings is 1. The lowest BCUT2D eigenvalue weighted by Crippen LogP contribution is -2.37.